The Morgan fingerprint density at radius 2 is 2.09 bits per heavy atom. The summed E-state index contributed by atoms with van der Waals surface area (Å²) in [5.74, 6) is 1.35. The van der Waals surface area contributed by atoms with Gasteiger partial charge in [0.2, 0.25) is 11.9 Å². The van der Waals surface area contributed by atoms with E-state index in [-0.39, 0.29) is 0 Å². The monoisotopic (exact) mass is 309 g/mol. The van der Waals surface area contributed by atoms with Crippen molar-refractivity contribution in [3.8, 4) is 6.07 Å². The van der Waals surface area contributed by atoms with Crippen LogP contribution in [0.4, 0.5) is 11.9 Å². The lowest BCUT2D eigenvalue weighted by Crippen LogP contribution is -2.47. The van der Waals surface area contributed by atoms with E-state index in [0.29, 0.717) is 17.7 Å². The highest BCUT2D eigenvalue weighted by molar-refractivity contribution is 5.37. The third-order valence-corrected chi connectivity index (χ3v) is 4.07. The SMILES string of the molecule is Cc1cnc(N(C)C2CCCN(c3nccc(C#N)n3)C2)nc1. The van der Waals surface area contributed by atoms with E-state index in [1.54, 1.807) is 12.3 Å². The highest BCUT2D eigenvalue weighted by Gasteiger charge is 2.26. The molecule has 1 saturated heterocycles. The van der Waals surface area contributed by atoms with Crippen LogP contribution in [0.1, 0.15) is 24.1 Å². The van der Waals surface area contributed by atoms with E-state index in [2.05, 4.69) is 35.8 Å². The number of hydrogen-bond acceptors (Lipinski definition) is 7. The van der Waals surface area contributed by atoms with Crippen LogP contribution in [0, 0.1) is 18.3 Å². The lowest BCUT2D eigenvalue weighted by Gasteiger charge is -2.37. The van der Waals surface area contributed by atoms with E-state index in [9.17, 15) is 0 Å². The number of aryl methyl sites for hydroxylation is 1. The summed E-state index contributed by atoms with van der Waals surface area (Å²) in [6.07, 6.45) is 7.42. The number of nitriles is 1. The molecule has 3 rings (SSSR count). The summed E-state index contributed by atoms with van der Waals surface area (Å²) in [6.45, 7) is 3.67. The molecule has 7 heteroatoms. The summed E-state index contributed by atoms with van der Waals surface area (Å²) < 4.78 is 0. The number of hydrogen-bond donors (Lipinski definition) is 0. The van der Waals surface area contributed by atoms with Gasteiger partial charge in [-0.05, 0) is 31.4 Å². The second kappa shape index (κ2) is 6.57. The van der Waals surface area contributed by atoms with Crippen LogP contribution in [0.15, 0.2) is 24.7 Å². The molecule has 3 heterocycles. The van der Waals surface area contributed by atoms with Crippen molar-refractivity contribution in [3.05, 3.63) is 35.9 Å². The van der Waals surface area contributed by atoms with Crippen molar-refractivity contribution in [2.45, 2.75) is 25.8 Å². The zero-order valence-electron chi connectivity index (χ0n) is 13.3. The summed E-state index contributed by atoms with van der Waals surface area (Å²) in [7, 11) is 2.02. The van der Waals surface area contributed by atoms with Gasteiger partial charge in [0.1, 0.15) is 11.8 Å². The Hall–Kier alpha value is -2.75. The van der Waals surface area contributed by atoms with E-state index >= 15 is 0 Å². The number of nitrogens with zero attached hydrogens (tertiary/aromatic N) is 7. The molecule has 1 aliphatic rings. The van der Waals surface area contributed by atoms with E-state index < -0.39 is 0 Å². The van der Waals surface area contributed by atoms with Crippen molar-refractivity contribution >= 4 is 11.9 Å². The summed E-state index contributed by atoms with van der Waals surface area (Å²) >= 11 is 0. The first kappa shape index (κ1) is 15.2. The van der Waals surface area contributed by atoms with Crippen molar-refractivity contribution in [2.24, 2.45) is 0 Å². The first-order valence-corrected chi connectivity index (χ1v) is 7.67. The van der Waals surface area contributed by atoms with Gasteiger partial charge in [-0.2, -0.15) is 5.26 Å². The fraction of sp³-hybridized carbons (Fsp3) is 0.438. The molecule has 0 amide bonds. The lowest BCUT2D eigenvalue weighted by atomic mass is 10.1. The molecule has 2 aromatic heterocycles. The minimum atomic E-state index is 0.292. The minimum Gasteiger partial charge on any atom is -0.339 e. The molecule has 0 aliphatic carbocycles. The molecule has 1 aliphatic heterocycles. The van der Waals surface area contributed by atoms with Crippen molar-refractivity contribution in [2.75, 3.05) is 29.9 Å². The van der Waals surface area contributed by atoms with Gasteiger partial charge in [-0.3, -0.25) is 0 Å². The summed E-state index contributed by atoms with van der Waals surface area (Å²) in [5, 5.41) is 8.99. The third kappa shape index (κ3) is 3.37. The molecular weight excluding hydrogens is 290 g/mol. The smallest absolute Gasteiger partial charge is 0.226 e. The van der Waals surface area contributed by atoms with Crippen LogP contribution in [0.5, 0.6) is 0 Å². The Morgan fingerprint density at radius 3 is 2.83 bits per heavy atom. The fourth-order valence-electron chi connectivity index (χ4n) is 2.75. The van der Waals surface area contributed by atoms with Gasteiger partial charge < -0.3 is 9.80 Å². The van der Waals surface area contributed by atoms with E-state index in [0.717, 1.165) is 37.4 Å². The van der Waals surface area contributed by atoms with Crippen LogP contribution in [-0.4, -0.2) is 46.1 Å². The Labute approximate surface area is 135 Å². The third-order valence-electron chi connectivity index (χ3n) is 4.07. The average molecular weight is 309 g/mol. The van der Waals surface area contributed by atoms with E-state index in [4.69, 9.17) is 5.26 Å². The fourth-order valence-corrected chi connectivity index (χ4v) is 2.75. The van der Waals surface area contributed by atoms with Gasteiger partial charge in [-0.15, -0.1) is 0 Å². The Kier molecular flexibility index (Phi) is 4.33. The number of aromatic nitrogens is 4. The quantitative estimate of drug-likeness (QED) is 0.850. The molecule has 1 fully saturated rings. The van der Waals surface area contributed by atoms with Crippen molar-refractivity contribution in [1.82, 2.24) is 19.9 Å². The molecule has 0 bridgehead atoms. The molecule has 118 valence electrons. The Morgan fingerprint density at radius 1 is 1.30 bits per heavy atom. The van der Waals surface area contributed by atoms with Gasteiger partial charge in [0.15, 0.2) is 0 Å². The normalized spacial score (nSPS) is 17.6. The molecule has 1 unspecified atom stereocenters. The van der Waals surface area contributed by atoms with Gasteiger partial charge in [0.25, 0.3) is 0 Å². The van der Waals surface area contributed by atoms with E-state index in [1.165, 1.54) is 0 Å². The van der Waals surface area contributed by atoms with Crippen LogP contribution in [-0.2, 0) is 0 Å². The summed E-state index contributed by atoms with van der Waals surface area (Å²) in [4.78, 5) is 21.6. The van der Waals surface area contributed by atoms with Crippen molar-refractivity contribution in [3.63, 3.8) is 0 Å². The first-order chi connectivity index (χ1) is 11.2. The van der Waals surface area contributed by atoms with Crippen LogP contribution in [0.3, 0.4) is 0 Å². The van der Waals surface area contributed by atoms with Gasteiger partial charge >= 0.3 is 0 Å². The number of piperidine rings is 1. The molecule has 2 aromatic rings. The minimum absolute atomic E-state index is 0.292. The second-order valence-electron chi connectivity index (χ2n) is 5.77. The second-order valence-corrected chi connectivity index (χ2v) is 5.77. The first-order valence-electron chi connectivity index (χ1n) is 7.67. The molecule has 0 saturated carbocycles. The van der Waals surface area contributed by atoms with Gasteiger partial charge in [-0.1, -0.05) is 0 Å². The average Bonchev–Trinajstić information content (AvgIpc) is 2.62. The Bertz CT molecular complexity index is 707. The maximum absolute atomic E-state index is 8.99. The largest absolute Gasteiger partial charge is 0.339 e. The lowest BCUT2D eigenvalue weighted by molar-refractivity contribution is 0.478. The van der Waals surface area contributed by atoms with Crippen LogP contribution in [0.25, 0.3) is 0 Å². The highest BCUT2D eigenvalue weighted by atomic mass is 15.3. The maximum atomic E-state index is 8.99. The van der Waals surface area contributed by atoms with Gasteiger partial charge in [0.05, 0.1) is 0 Å². The molecular formula is C16H19N7. The van der Waals surface area contributed by atoms with Crippen molar-refractivity contribution < 1.29 is 0 Å². The molecule has 0 radical (unpaired) electrons. The molecule has 0 spiro atoms. The highest BCUT2D eigenvalue weighted by Crippen LogP contribution is 2.21. The predicted molar refractivity (Wildman–Crippen MR) is 87.2 cm³/mol. The molecule has 23 heavy (non-hydrogen) atoms. The number of likely N-dealkylation sites (N-methyl/N-ethyl adjacent to an activating group) is 1. The predicted octanol–water partition coefficient (Wildman–Crippen LogP) is 1.55. The number of rotatable bonds is 3. The molecule has 1 atom stereocenters. The van der Waals surface area contributed by atoms with Crippen molar-refractivity contribution in [1.29, 1.82) is 5.26 Å². The molecule has 0 N–H and O–H groups in total. The topological polar surface area (TPSA) is 81.8 Å². The summed E-state index contributed by atoms with van der Waals surface area (Å²) in [5.41, 5.74) is 1.45. The van der Waals surface area contributed by atoms with Gasteiger partial charge in [0, 0.05) is 44.8 Å². The summed E-state index contributed by atoms with van der Waals surface area (Å²) in [6, 6.07) is 3.98. The molecule has 7 nitrogen and oxygen atoms in total. The molecule has 0 aromatic carbocycles. The van der Waals surface area contributed by atoms with Gasteiger partial charge in [-0.25, -0.2) is 19.9 Å². The Balaban J connectivity index is 1.75. The van der Waals surface area contributed by atoms with Crippen LogP contribution >= 0.6 is 0 Å². The standard InChI is InChI=1S/C16H19N7/c1-12-9-19-15(20-10-12)22(2)14-4-3-7-23(11-14)16-18-6-5-13(8-17)21-16/h5-6,9-10,14H,3-4,7,11H2,1-2H3. The zero-order valence-corrected chi connectivity index (χ0v) is 13.3. The van der Waals surface area contributed by atoms with Crippen LogP contribution in [0.2, 0.25) is 0 Å². The number of anilines is 2. The zero-order chi connectivity index (χ0) is 16.2. The van der Waals surface area contributed by atoms with Crippen LogP contribution < -0.4 is 9.80 Å². The maximum Gasteiger partial charge on any atom is 0.226 e. The van der Waals surface area contributed by atoms with E-state index in [1.807, 2.05) is 26.4 Å².